The van der Waals surface area contributed by atoms with Crippen molar-refractivity contribution < 1.29 is 27.4 Å². The molecule has 0 N–H and O–H groups in total. The van der Waals surface area contributed by atoms with Crippen LogP contribution in [-0.4, -0.2) is 23.3 Å². The Kier molecular flexibility index (Phi) is 9.31. The summed E-state index contributed by atoms with van der Waals surface area (Å²) in [6.45, 7) is 1.54. The van der Waals surface area contributed by atoms with Crippen molar-refractivity contribution in [3.63, 3.8) is 0 Å². The molecule has 1 atom stereocenters. The highest BCUT2D eigenvalue weighted by Gasteiger charge is 2.45. The van der Waals surface area contributed by atoms with E-state index in [9.17, 15) is 22.8 Å². The highest BCUT2D eigenvalue weighted by molar-refractivity contribution is 9.11. The number of fused-ring (bicyclic) bond motifs is 1. The minimum atomic E-state index is -5.00. The monoisotopic (exact) mass is 754 g/mol. The van der Waals surface area contributed by atoms with Gasteiger partial charge < -0.3 is 9.47 Å². The Morgan fingerprint density at radius 1 is 1.12 bits per heavy atom. The Hall–Kier alpha value is -3.19. The summed E-state index contributed by atoms with van der Waals surface area (Å²) < 4.78 is 56.6. The molecule has 4 aromatic rings. The van der Waals surface area contributed by atoms with E-state index in [1.54, 1.807) is 12.1 Å². The van der Waals surface area contributed by atoms with Crippen molar-refractivity contribution >= 4 is 66.8 Å². The van der Waals surface area contributed by atoms with Crippen molar-refractivity contribution in [2.75, 3.05) is 6.61 Å². The first-order valence-corrected chi connectivity index (χ1v) is 15.5. The van der Waals surface area contributed by atoms with Crippen LogP contribution in [0.5, 0.6) is 5.75 Å². The van der Waals surface area contributed by atoms with Crippen molar-refractivity contribution in [3.8, 4) is 5.75 Å². The van der Waals surface area contributed by atoms with Crippen LogP contribution in [0.15, 0.2) is 96.7 Å². The molecule has 1 aromatic heterocycles. The topological polar surface area (TPSA) is 69.9 Å². The summed E-state index contributed by atoms with van der Waals surface area (Å²) in [7, 11) is 0. The number of thiazole rings is 1. The van der Waals surface area contributed by atoms with Crippen molar-refractivity contribution in [1.29, 1.82) is 0 Å². The molecule has 0 amide bonds. The molecular weight excluding hydrogens is 737 g/mol. The molecule has 0 saturated heterocycles. The molecule has 0 unspecified atom stereocenters. The third kappa shape index (κ3) is 6.67. The number of benzene rings is 3. The van der Waals surface area contributed by atoms with Gasteiger partial charge in [-0.25, -0.2) is 9.79 Å². The van der Waals surface area contributed by atoms with Gasteiger partial charge in [0.05, 0.1) is 27.2 Å². The summed E-state index contributed by atoms with van der Waals surface area (Å²) in [5, 5.41) is 0.331. The molecule has 5 rings (SSSR count). The lowest BCUT2D eigenvalue weighted by molar-refractivity contribution is -0.140. The zero-order valence-corrected chi connectivity index (χ0v) is 26.9. The molecule has 1 aliphatic heterocycles. The zero-order chi connectivity index (χ0) is 30.9. The molecule has 3 aromatic carbocycles. The number of allylic oxidation sites excluding steroid dienone is 1. The number of carbonyl (C=O) groups is 1. The van der Waals surface area contributed by atoms with Gasteiger partial charge in [0.1, 0.15) is 12.4 Å². The van der Waals surface area contributed by atoms with Crippen LogP contribution < -0.4 is 19.6 Å². The number of halogens is 6. The average molecular weight is 757 g/mol. The average Bonchev–Trinajstić information content (AvgIpc) is 3.26. The summed E-state index contributed by atoms with van der Waals surface area (Å²) in [6.07, 6.45) is -3.48. The molecule has 0 saturated carbocycles. The second-order valence-corrected chi connectivity index (χ2v) is 12.4. The Balaban J connectivity index is 1.72. The van der Waals surface area contributed by atoms with E-state index >= 15 is 0 Å². The third-order valence-corrected chi connectivity index (χ3v) is 8.61. The molecular formula is C30H20Br2ClF3N2O4S. The molecule has 43 heavy (non-hydrogen) atoms. The van der Waals surface area contributed by atoms with Crippen LogP contribution in [0.25, 0.3) is 6.08 Å². The second-order valence-electron chi connectivity index (χ2n) is 9.20. The van der Waals surface area contributed by atoms with Gasteiger partial charge in [-0.1, -0.05) is 81.3 Å². The number of ether oxygens (including phenoxy) is 2. The van der Waals surface area contributed by atoms with Gasteiger partial charge in [-0.05, 0) is 64.3 Å². The van der Waals surface area contributed by atoms with E-state index in [-0.39, 0.29) is 28.1 Å². The molecule has 1 aliphatic rings. The molecule has 0 radical (unpaired) electrons. The van der Waals surface area contributed by atoms with Gasteiger partial charge in [0, 0.05) is 15.1 Å². The largest absolute Gasteiger partial charge is 0.487 e. The standard InChI is InChI=1S/C30H20Br2ClF3N2O4S/c1-2-41-28(40)23-24(17-8-10-20(33)11-9-17)38-27(39)22(43-29(38)37-26(23)30(34,35)36)13-18-12-19(31)14-21(32)25(18)42-15-16-6-4-3-5-7-16/h3-14,24H,2,15H2,1H3/b22-13-/t24-/m1/s1. The predicted octanol–water partition coefficient (Wildman–Crippen LogP) is 7.10. The number of nitrogens with zero attached hydrogens (tertiary/aromatic N) is 2. The Labute approximate surface area is 269 Å². The van der Waals surface area contributed by atoms with Crippen LogP contribution in [0.1, 0.15) is 29.7 Å². The zero-order valence-electron chi connectivity index (χ0n) is 22.1. The smallest absolute Gasteiger partial charge is 0.434 e. The van der Waals surface area contributed by atoms with Gasteiger partial charge in [0.15, 0.2) is 10.5 Å². The Morgan fingerprint density at radius 3 is 2.47 bits per heavy atom. The van der Waals surface area contributed by atoms with Crippen molar-refractivity contribution in [2.45, 2.75) is 25.7 Å². The molecule has 6 nitrogen and oxygen atoms in total. The molecule has 0 fully saturated rings. The number of carbonyl (C=O) groups excluding carboxylic acids is 1. The van der Waals surface area contributed by atoms with E-state index in [0.29, 0.717) is 25.3 Å². The number of rotatable bonds is 7. The summed E-state index contributed by atoms with van der Waals surface area (Å²) >= 11 is 13.8. The highest BCUT2D eigenvalue weighted by atomic mass is 79.9. The summed E-state index contributed by atoms with van der Waals surface area (Å²) in [6, 6.07) is 17.4. The lowest BCUT2D eigenvalue weighted by Crippen LogP contribution is -2.41. The Bertz CT molecular complexity index is 1910. The highest BCUT2D eigenvalue weighted by Crippen LogP contribution is 2.39. The van der Waals surface area contributed by atoms with E-state index in [0.717, 1.165) is 21.5 Å². The van der Waals surface area contributed by atoms with Crippen LogP contribution in [0.3, 0.4) is 0 Å². The van der Waals surface area contributed by atoms with Gasteiger partial charge in [-0.2, -0.15) is 13.2 Å². The number of hydrogen-bond acceptors (Lipinski definition) is 6. The fourth-order valence-electron chi connectivity index (χ4n) is 4.51. The van der Waals surface area contributed by atoms with E-state index < -0.39 is 35.0 Å². The second kappa shape index (κ2) is 12.8. The fraction of sp³-hybridized carbons (Fsp3) is 0.167. The SMILES string of the molecule is CCOC(=O)C1=C(C(F)(F)F)N=c2s/c(=C\c3cc(Br)cc(Br)c3OCc3ccccc3)c(=O)n2[C@@H]1c1ccc(Cl)cc1. The maximum absolute atomic E-state index is 14.4. The lowest BCUT2D eigenvalue weighted by Gasteiger charge is -2.26. The summed E-state index contributed by atoms with van der Waals surface area (Å²) in [5.41, 5.74) is -1.21. The van der Waals surface area contributed by atoms with E-state index in [1.165, 1.54) is 37.3 Å². The normalized spacial score (nSPS) is 15.2. The van der Waals surface area contributed by atoms with E-state index in [1.807, 2.05) is 30.3 Å². The van der Waals surface area contributed by atoms with Crippen LogP contribution in [0, 0.1) is 0 Å². The molecule has 13 heteroatoms. The van der Waals surface area contributed by atoms with Crippen molar-refractivity contribution in [3.05, 3.63) is 128 Å². The maximum atomic E-state index is 14.4. The number of alkyl halides is 3. The van der Waals surface area contributed by atoms with Gasteiger partial charge in [0.2, 0.25) is 0 Å². The van der Waals surface area contributed by atoms with E-state index in [4.69, 9.17) is 21.1 Å². The lowest BCUT2D eigenvalue weighted by atomic mass is 9.95. The van der Waals surface area contributed by atoms with E-state index in [2.05, 4.69) is 36.9 Å². The third-order valence-electron chi connectivity index (χ3n) is 6.33. The quantitative estimate of drug-likeness (QED) is 0.189. The first-order valence-electron chi connectivity index (χ1n) is 12.7. The van der Waals surface area contributed by atoms with Gasteiger partial charge in [-0.3, -0.25) is 9.36 Å². The van der Waals surface area contributed by atoms with Crippen LogP contribution in [0.2, 0.25) is 5.02 Å². The number of hydrogen-bond donors (Lipinski definition) is 0. The van der Waals surface area contributed by atoms with Crippen molar-refractivity contribution in [1.82, 2.24) is 4.57 Å². The molecule has 0 spiro atoms. The van der Waals surface area contributed by atoms with Gasteiger partial charge in [0.25, 0.3) is 5.56 Å². The van der Waals surface area contributed by atoms with Crippen LogP contribution in [-0.2, 0) is 16.1 Å². The Morgan fingerprint density at radius 2 is 1.81 bits per heavy atom. The summed E-state index contributed by atoms with van der Waals surface area (Å²) in [4.78, 5) is 30.5. The number of esters is 1. The first-order chi connectivity index (χ1) is 20.5. The van der Waals surface area contributed by atoms with Crippen molar-refractivity contribution in [2.24, 2.45) is 4.99 Å². The predicted molar refractivity (Wildman–Crippen MR) is 165 cm³/mol. The minimum absolute atomic E-state index is 0.0823. The maximum Gasteiger partial charge on any atom is 0.434 e. The number of aromatic nitrogens is 1. The minimum Gasteiger partial charge on any atom is -0.487 e. The van der Waals surface area contributed by atoms with Gasteiger partial charge >= 0.3 is 12.1 Å². The fourth-order valence-corrected chi connectivity index (χ4v) is 7.00. The molecule has 2 heterocycles. The molecule has 0 aliphatic carbocycles. The van der Waals surface area contributed by atoms with Gasteiger partial charge in [-0.15, -0.1) is 0 Å². The summed E-state index contributed by atoms with van der Waals surface area (Å²) in [5.74, 6) is -0.796. The first kappa shape index (κ1) is 31.2. The molecule has 0 bridgehead atoms. The van der Waals surface area contributed by atoms with Crippen LogP contribution >= 0.6 is 54.8 Å². The molecule has 222 valence electrons. The van der Waals surface area contributed by atoms with Crippen LogP contribution in [0.4, 0.5) is 13.2 Å².